The lowest BCUT2D eigenvalue weighted by atomic mass is 9.99. The van der Waals surface area contributed by atoms with Gasteiger partial charge in [-0.1, -0.05) is 36.4 Å². The van der Waals surface area contributed by atoms with Gasteiger partial charge in [0, 0.05) is 20.3 Å². The third-order valence-electron chi connectivity index (χ3n) is 5.03. The zero-order valence-corrected chi connectivity index (χ0v) is 18.3. The molecule has 2 heterocycles. The number of hydrogen-bond acceptors (Lipinski definition) is 7. The highest BCUT2D eigenvalue weighted by Crippen LogP contribution is 2.31. The first-order chi connectivity index (χ1) is 14.9. The van der Waals surface area contributed by atoms with E-state index in [0.717, 1.165) is 16.8 Å². The van der Waals surface area contributed by atoms with E-state index in [-0.39, 0.29) is 30.0 Å². The first-order valence-corrected chi connectivity index (χ1v) is 9.92. The second-order valence-corrected chi connectivity index (χ2v) is 7.01. The maximum atomic E-state index is 13.0. The molecule has 0 N–H and O–H groups in total. The molecule has 0 radical (unpaired) electrons. The standard InChI is InChI=1S/C23H26N4O4/c1-6-31-22(29)18-20(30-5)21(28)27(4)23(25-18)26(3)19(16-12-8-7-9-13-16)17-15(2)11-10-14-24-17/h7-14,19H,6H2,1-5H3. The van der Waals surface area contributed by atoms with Crippen LogP contribution in [0.15, 0.2) is 53.5 Å². The monoisotopic (exact) mass is 422 g/mol. The number of methoxy groups -OCH3 is 1. The summed E-state index contributed by atoms with van der Waals surface area (Å²) < 4.78 is 11.6. The van der Waals surface area contributed by atoms with Crippen LogP contribution in [0, 0.1) is 6.92 Å². The number of esters is 1. The Morgan fingerprint density at radius 1 is 1.19 bits per heavy atom. The van der Waals surface area contributed by atoms with Crippen molar-refractivity contribution in [3.63, 3.8) is 0 Å². The van der Waals surface area contributed by atoms with Crippen molar-refractivity contribution in [3.8, 4) is 5.75 Å². The maximum Gasteiger partial charge on any atom is 0.361 e. The van der Waals surface area contributed by atoms with E-state index < -0.39 is 11.5 Å². The first kappa shape index (κ1) is 22.0. The van der Waals surface area contributed by atoms with Gasteiger partial charge in [-0.15, -0.1) is 0 Å². The van der Waals surface area contributed by atoms with E-state index in [2.05, 4.69) is 9.97 Å². The van der Waals surface area contributed by atoms with E-state index in [4.69, 9.17) is 9.47 Å². The van der Waals surface area contributed by atoms with Crippen molar-refractivity contribution in [2.24, 2.45) is 7.05 Å². The highest BCUT2D eigenvalue weighted by Gasteiger charge is 2.29. The van der Waals surface area contributed by atoms with Crippen molar-refractivity contribution in [2.75, 3.05) is 25.7 Å². The number of benzene rings is 1. The third-order valence-corrected chi connectivity index (χ3v) is 5.03. The minimum atomic E-state index is -0.711. The molecule has 162 valence electrons. The van der Waals surface area contributed by atoms with Crippen LogP contribution < -0.4 is 15.2 Å². The van der Waals surface area contributed by atoms with Crippen molar-refractivity contribution in [1.29, 1.82) is 0 Å². The molecule has 0 saturated heterocycles. The van der Waals surface area contributed by atoms with Crippen molar-refractivity contribution in [1.82, 2.24) is 14.5 Å². The topological polar surface area (TPSA) is 86.5 Å². The summed E-state index contributed by atoms with van der Waals surface area (Å²) in [6.45, 7) is 3.83. The van der Waals surface area contributed by atoms with Crippen molar-refractivity contribution in [2.45, 2.75) is 19.9 Å². The van der Waals surface area contributed by atoms with Crippen LogP contribution in [0.1, 0.15) is 40.3 Å². The van der Waals surface area contributed by atoms with Gasteiger partial charge in [-0.2, -0.15) is 0 Å². The van der Waals surface area contributed by atoms with Gasteiger partial charge in [0.15, 0.2) is 5.69 Å². The van der Waals surface area contributed by atoms with Gasteiger partial charge in [0.05, 0.1) is 25.5 Å². The fourth-order valence-corrected chi connectivity index (χ4v) is 3.51. The Labute approximate surface area is 181 Å². The van der Waals surface area contributed by atoms with E-state index >= 15 is 0 Å². The van der Waals surface area contributed by atoms with E-state index in [1.54, 1.807) is 20.2 Å². The van der Waals surface area contributed by atoms with Crippen LogP contribution in [0.2, 0.25) is 0 Å². The van der Waals surface area contributed by atoms with Gasteiger partial charge in [-0.05, 0) is 31.0 Å². The summed E-state index contributed by atoms with van der Waals surface area (Å²) in [4.78, 5) is 36.4. The number of pyridine rings is 1. The second kappa shape index (κ2) is 9.42. The lowest BCUT2D eigenvalue weighted by molar-refractivity contribution is 0.0514. The summed E-state index contributed by atoms with van der Waals surface area (Å²) >= 11 is 0. The Morgan fingerprint density at radius 2 is 1.90 bits per heavy atom. The fraction of sp³-hybridized carbons (Fsp3) is 0.304. The Morgan fingerprint density at radius 3 is 2.52 bits per heavy atom. The largest absolute Gasteiger partial charge is 0.489 e. The zero-order chi connectivity index (χ0) is 22.5. The summed E-state index contributed by atoms with van der Waals surface area (Å²) in [6.07, 6.45) is 1.73. The normalized spacial score (nSPS) is 11.6. The Balaban J connectivity index is 2.23. The van der Waals surface area contributed by atoms with E-state index in [1.807, 2.05) is 61.3 Å². The number of rotatable bonds is 7. The van der Waals surface area contributed by atoms with Gasteiger partial charge in [0.2, 0.25) is 11.7 Å². The van der Waals surface area contributed by atoms with Gasteiger partial charge in [-0.3, -0.25) is 14.3 Å². The van der Waals surface area contributed by atoms with Crippen molar-refractivity contribution in [3.05, 3.63) is 81.5 Å². The molecule has 0 aliphatic rings. The molecule has 0 fully saturated rings. The van der Waals surface area contributed by atoms with Crippen LogP contribution in [0.25, 0.3) is 0 Å². The summed E-state index contributed by atoms with van der Waals surface area (Å²) in [5.41, 5.74) is 2.15. The molecular formula is C23H26N4O4. The molecule has 0 saturated carbocycles. The molecular weight excluding hydrogens is 396 g/mol. The number of carbonyl (C=O) groups excluding carboxylic acids is 1. The van der Waals surface area contributed by atoms with Crippen LogP contribution in [-0.4, -0.2) is 41.3 Å². The predicted octanol–water partition coefficient (Wildman–Crippen LogP) is 2.89. The lowest BCUT2D eigenvalue weighted by Gasteiger charge is -2.31. The third kappa shape index (κ3) is 4.28. The molecule has 31 heavy (non-hydrogen) atoms. The predicted molar refractivity (Wildman–Crippen MR) is 118 cm³/mol. The Bertz CT molecular complexity index is 1130. The summed E-state index contributed by atoms with van der Waals surface area (Å²) in [6, 6.07) is 13.3. The minimum Gasteiger partial charge on any atom is -0.489 e. The number of carbonyl (C=O) groups is 1. The molecule has 2 aromatic heterocycles. The van der Waals surface area contributed by atoms with Gasteiger partial charge in [0.25, 0.3) is 5.56 Å². The summed E-state index contributed by atoms with van der Waals surface area (Å²) in [7, 11) is 4.73. The quantitative estimate of drug-likeness (QED) is 0.541. The molecule has 8 heteroatoms. The van der Waals surface area contributed by atoms with E-state index in [9.17, 15) is 9.59 Å². The number of aromatic nitrogens is 3. The molecule has 3 rings (SSSR count). The zero-order valence-electron chi connectivity index (χ0n) is 18.3. The molecule has 0 aliphatic heterocycles. The van der Waals surface area contributed by atoms with Crippen LogP contribution >= 0.6 is 0 Å². The molecule has 0 spiro atoms. The summed E-state index contributed by atoms with van der Waals surface area (Å²) in [5, 5.41) is 0. The van der Waals surface area contributed by atoms with Gasteiger partial charge in [-0.25, -0.2) is 9.78 Å². The second-order valence-electron chi connectivity index (χ2n) is 7.01. The highest BCUT2D eigenvalue weighted by molar-refractivity contribution is 5.90. The van der Waals surface area contributed by atoms with Gasteiger partial charge >= 0.3 is 5.97 Å². The molecule has 1 aromatic carbocycles. The minimum absolute atomic E-state index is 0.150. The van der Waals surface area contributed by atoms with E-state index in [0.29, 0.717) is 0 Å². The van der Waals surface area contributed by atoms with Crippen LogP contribution in [0.3, 0.4) is 0 Å². The molecule has 8 nitrogen and oxygen atoms in total. The number of ether oxygens (including phenoxy) is 2. The van der Waals surface area contributed by atoms with Crippen molar-refractivity contribution >= 4 is 11.9 Å². The van der Waals surface area contributed by atoms with Gasteiger partial charge in [0.1, 0.15) is 0 Å². The molecule has 0 bridgehead atoms. The van der Waals surface area contributed by atoms with Gasteiger partial charge < -0.3 is 14.4 Å². The molecule has 1 unspecified atom stereocenters. The maximum absolute atomic E-state index is 13.0. The highest BCUT2D eigenvalue weighted by atomic mass is 16.5. The first-order valence-electron chi connectivity index (χ1n) is 9.92. The number of nitrogens with zero attached hydrogens (tertiary/aromatic N) is 4. The van der Waals surface area contributed by atoms with Crippen LogP contribution in [0.5, 0.6) is 5.75 Å². The lowest BCUT2D eigenvalue weighted by Crippen LogP contribution is -2.35. The average molecular weight is 422 g/mol. The smallest absolute Gasteiger partial charge is 0.361 e. The fourth-order valence-electron chi connectivity index (χ4n) is 3.51. The van der Waals surface area contributed by atoms with E-state index in [1.165, 1.54) is 11.7 Å². The average Bonchev–Trinajstić information content (AvgIpc) is 2.77. The number of aryl methyl sites for hydroxylation is 1. The molecule has 3 aromatic rings. The molecule has 1 atom stereocenters. The Hall–Kier alpha value is -3.68. The van der Waals surface area contributed by atoms with Crippen LogP contribution in [-0.2, 0) is 11.8 Å². The molecule has 0 aliphatic carbocycles. The number of hydrogen-bond donors (Lipinski definition) is 0. The van der Waals surface area contributed by atoms with Crippen LogP contribution in [0.4, 0.5) is 5.95 Å². The van der Waals surface area contributed by atoms with Crippen molar-refractivity contribution < 1.29 is 14.3 Å². The summed E-state index contributed by atoms with van der Waals surface area (Å²) in [5.74, 6) is -0.576. The Kier molecular flexibility index (Phi) is 6.69. The number of anilines is 1. The SMILES string of the molecule is CCOC(=O)c1nc(N(C)C(c2ccccc2)c2ncccc2C)n(C)c(=O)c1OC. The molecule has 0 amide bonds.